The molecule has 1 saturated heterocycles. The van der Waals surface area contributed by atoms with Crippen LogP contribution in [0.3, 0.4) is 0 Å². The van der Waals surface area contributed by atoms with Crippen LogP contribution >= 0.6 is 0 Å². The number of nitrogens with two attached hydrogens (primary N) is 1. The summed E-state index contributed by atoms with van der Waals surface area (Å²) in [6, 6.07) is 1.94. The summed E-state index contributed by atoms with van der Waals surface area (Å²) < 4.78 is 0. The van der Waals surface area contributed by atoms with Crippen molar-refractivity contribution in [1.29, 1.82) is 5.41 Å². The number of hydrogen-bond donors (Lipinski definition) is 3. The monoisotopic (exact) mass is 248 g/mol. The molecular formula is C13H20N4O. The highest BCUT2D eigenvalue weighted by atomic mass is 16.3. The van der Waals surface area contributed by atoms with E-state index in [1.165, 1.54) is 0 Å². The van der Waals surface area contributed by atoms with Crippen LogP contribution < -0.4 is 10.6 Å². The summed E-state index contributed by atoms with van der Waals surface area (Å²) in [7, 11) is 0. The van der Waals surface area contributed by atoms with Gasteiger partial charge in [-0.2, -0.15) is 0 Å². The molecule has 2 heterocycles. The van der Waals surface area contributed by atoms with Gasteiger partial charge in [0.15, 0.2) is 0 Å². The summed E-state index contributed by atoms with van der Waals surface area (Å²) >= 11 is 0. The van der Waals surface area contributed by atoms with Gasteiger partial charge in [0.25, 0.3) is 0 Å². The maximum absolute atomic E-state index is 9.20. The molecular weight excluding hydrogens is 228 g/mol. The largest absolute Gasteiger partial charge is 0.396 e. The molecule has 0 spiro atoms. The molecule has 1 aliphatic rings. The van der Waals surface area contributed by atoms with Crippen molar-refractivity contribution in [2.24, 2.45) is 11.7 Å². The molecule has 0 saturated carbocycles. The molecule has 1 unspecified atom stereocenters. The molecule has 4 N–H and O–H groups in total. The van der Waals surface area contributed by atoms with Crippen molar-refractivity contribution in [3.05, 3.63) is 22.9 Å². The second-order valence-corrected chi connectivity index (χ2v) is 4.98. The van der Waals surface area contributed by atoms with Gasteiger partial charge in [-0.15, -0.1) is 0 Å². The number of nitrogens with zero attached hydrogens (tertiary/aromatic N) is 2. The first-order chi connectivity index (χ1) is 8.52. The second kappa shape index (κ2) is 4.94. The van der Waals surface area contributed by atoms with Crippen molar-refractivity contribution in [3.8, 4) is 0 Å². The molecule has 1 aliphatic heterocycles. The van der Waals surface area contributed by atoms with Crippen LogP contribution in [-0.2, 0) is 0 Å². The lowest BCUT2D eigenvalue weighted by molar-refractivity contribution is 0.238. The Kier molecular flexibility index (Phi) is 3.52. The lowest BCUT2D eigenvalue weighted by Crippen LogP contribution is -2.27. The van der Waals surface area contributed by atoms with Gasteiger partial charge in [0.1, 0.15) is 11.7 Å². The second-order valence-electron chi connectivity index (χ2n) is 4.98. The lowest BCUT2D eigenvalue weighted by atomic mass is 10.1. The smallest absolute Gasteiger partial charge is 0.140 e. The quantitative estimate of drug-likeness (QED) is 0.545. The van der Waals surface area contributed by atoms with Gasteiger partial charge in [0, 0.05) is 31.3 Å². The zero-order chi connectivity index (χ0) is 13.3. The molecule has 0 radical (unpaired) electrons. The molecule has 5 heteroatoms. The minimum atomic E-state index is 0.0578. The fourth-order valence-electron chi connectivity index (χ4n) is 2.55. The Hall–Kier alpha value is -1.62. The summed E-state index contributed by atoms with van der Waals surface area (Å²) in [5.74, 6) is 1.14. The Morgan fingerprint density at radius 3 is 2.89 bits per heavy atom. The molecule has 18 heavy (non-hydrogen) atoms. The number of aryl methyl sites for hydroxylation is 2. The average Bonchev–Trinajstić information content (AvgIpc) is 2.75. The molecule has 0 aliphatic carbocycles. The first-order valence-electron chi connectivity index (χ1n) is 6.21. The topological polar surface area (TPSA) is 86.2 Å². The number of amidine groups is 1. The molecule has 0 bridgehead atoms. The molecule has 1 aromatic rings. The third-order valence-electron chi connectivity index (χ3n) is 3.44. The van der Waals surface area contributed by atoms with Crippen LogP contribution in [0.5, 0.6) is 0 Å². The average molecular weight is 248 g/mol. The fourth-order valence-corrected chi connectivity index (χ4v) is 2.55. The van der Waals surface area contributed by atoms with Gasteiger partial charge in [0.05, 0.1) is 5.56 Å². The maximum Gasteiger partial charge on any atom is 0.140 e. The van der Waals surface area contributed by atoms with Crippen molar-refractivity contribution in [2.75, 3.05) is 24.6 Å². The minimum Gasteiger partial charge on any atom is -0.396 e. The molecule has 1 aromatic heterocycles. The first-order valence-corrected chi connectivity index (χ1v) is 6.21. The molecule has 98 valence electrons. The van der Waals surface area contributed by atoms with Crippen LogP contribution in [0.15, 0.2) is 6.07 Å². The zero-order valence-corrected chi connectivity index (χ0v) is 10.9. The number of pyridine rings is 1. The van der Waals surface area contributed by atoms with Crippen LogP contribution in [0.2, 0.25) is 0 Å². The number of rotatable bonds is 3. The van der Waals surface area contributed by atoms with Crippen LogP contribution in [-0.4, -0.2) is 35.6 Å². The van der Waals surface area contributed by atoms with Gasteiger partial charge in [0.2, 0.25) is 0 Å². The summed E-state index contributed by atoms with van der Waals surface area (Å²) in [6.07, 6.45) is 0.961. The van der Waals surface area contributed by atoms with Gasteiger partial charge in [-0.25, -0.2) is 4.98 Å². The van der Waals surface area contributed by atoms with Crippen molar-refractivity contribution in [1.82, 2.24) is 4.98 Å². The SMILES string of the molecule is Cc1cc(C)c(C(=N)N)c(N2CCC(CO)C2)n1. The Bertz CT molecular complexity index is 472. The molecule has 1 atom stereocenters. The van der Waals surface area contributed by atoms with E-state index in [2.05, 4.69) is 9.88 Å². The molecule has 5 nitrogen and oxygen atoms in total. The Balaban J connectivity index is 2.40. The first kappa shape index (κ1) is 12.8. The fraction of sp³-hybridized carbons (Fsp3) is 0.538. The van der Waals surface area contributed by atoms with Crippen LogP contribution in [0.25, 0.3) is 0 Å². The van der Waals surface area contributed by atoms with E-state index >= 15 is 0 Å². The van der Waals surface area contributed by atoms with Crippen molar-refractivity contribution in [2.45, 2.75) is 20.3 Å². The Morgan fingerprint density at radius 2 is 2.33 bits per heavy atom. The third kappa shape index (κ3) is 2.31. The minimum absolute atomic E-state index is 0.0578. The molecule has 1 fully saturated rings. The third-order valence-corrected chi connectivity index (χ3v) is 3.44. The van der Waals surface area contributed by atoms with Crippen molar-refractivity contribution in [3.63, 3.8) is 0 Å². The summed E-state index contributed by atoms with van der Waals surface area (Å²) in [5, 5.41) is 16.9. The van der Waals surface area contributed by atoms with E-state index in [1.807, 2.05) is 19.9 Å². The van der Waals surface area contributed by atoms with E-state index in [-0.39, 0.29) is 12.4 Å². The molecule has 0 amide bonds. The number of anilines is 1. The number of hydrogen-bond acceptors (Lipinski definition) is 4. The summed E-state index contributed by atoms with van der Waals surface area (Å²) in [5.41, 5.74) is 8.30. The number of nitrogens with one attached hydrogen (secondary N) is 1. The van der Waals surface area contributed by atoms with E-state index < -0.39 is 0 Å². The van der Waals surface area contributed by atoms with Crippen molar-refractivity contribution < 1.29 is 5.11 Å². The number of aromatic nitrogens is 1. The lowest BCUT2D eigenvalue weighted by Gasteiger charge is -2.22. The molecule has 0 aromatic carbocycles. The highest BCUT2D eigenvalue weighted by molar-refractivity contribution is 6.01. The highest BCUT2D eigenvalue weighted by Crippen LogP contribution is 2.27. The Labute approximate surface area is 107 Å². The number of aliphatic hydroxyl groups excluding tert-OH is 1. The van der Waals surface area contributed by atoms with E-state index in [1.54, 1.807) is 0 Å². The van der Waals surface area contributed by atoms with Crippen LogP contribution in [0.4, 0.5) is 5.82 Å². The van der Waals surface area contributed by atoms with Crippen LogP contribution in [0, 0.1) is 25.2 Å². The van der Waals surface area contributed by atoms with Gasteiger partial charge >= 0.3 is 0 Å². The van der Waals surface area contributed by atoms with Crippen LogP contribution in [0.1, 0.15) is 23.2 Å². The Morgan fingerprint density at radius 1 is 1.61 bits per heavy atom. The summed E-state index contributed by atoms with van der Waals surface area (Å²) in [6.45, 7) is 5.75. The van der Waals surface area contributed by atoms with E-state index in [4.69, 9.17) is 11.1 Å². The predicted octanol–water partition coefficient (Wildman–Crippen LogP) is 0.801. The van der Waals surface area contributed by atoms with Crippen molar-refractivity contribution >= 4 is 11.7 Å². The normalized spacial score (nSPS) is 19.3. The van der Waals surface area contributed by atoms with Gasteiger partial charge in [-0.1, -0.05) is 0 Å². The van der Waals surface area contributed by atoms with E-state index in [9.17, 15) is 5.11 Å². The van der Waals surface area contributed by atoms with E-state index in [0.717, 1.165) is 42.1 Å². The van der Waals surface area contributed by atoms with E-state index in [0.29, 0.717) is 5.92 Å². The maximum atomic E-state index is 9.20. The number of aliphatic hydroxyl groups is 1. The number of nitrogen functional groups attached to an aromatic ring is 1. The zero-order valence-electron chi connectivity index (χ0n) is 10.9. The van der Waals surface area contributed by atoms with Gasteiger partial charge in [-0.05, 0) is 31.9 Å². The highest BCUT2D eigenvalue weighted by Gasteiger charge is 2.26. The van der Waals surface area contributed by atoms with Gasteiger partial charge in [-0.3, -0.25) is 5.41 Å². The predicted molar refractivity (Wildman–Crippen MR) is 72.1 cm³/mol. The summed E-state index contributed by atoms with van der Waals surface area (Å²) in [4.78, 5) is 6.65. The standard InChI is InChI=1S/C13H20N4O/c1-8-5-9(2)16-13(11(8)12(14)15)17-4-3-10(6-17)7-18/h5,10,18H,3-4,6-7H2,1-2H3,(H3,14,15). The van der Waals surface area contributed by atoms with Gasteiger partial charge < -0.3 is 15.7 Å². The molecule has 2 rings (SSSR count).